The minimum absolute atomic E-state index is 0.115. The van der Waals surface area contributed by atoms with Crippen molar-refractivity contribution in [2.45, 2.75) is 57.0 Å². The Morgan fingerprint density at radius 3 is 2.77 bits per heavy atom. The molecule has 6 nitrogen and oxygen atoms in total. The first kappa shape index (κ1) is 15.7. The lowest BCUT2D eigenvalue weighted by Crippen LogP contribution is -2.62. The quantitative estimate of drug-likeness (QED) is 0.901. The molecule has 2 aliphatic carbocycles. The summed E-state index contributed by atoms with van der Waals surface area (Å²) in [6.45, 7) is 0.403. The number of anilines is 1. The second-order valence-corrected chi connectivity index (χ2v) is 7.54. The van der Waals surface area contributed by atoms with Gasteiger partial charge in [-0.2, -0.15) is 0 Å². The summed E-state index contributed by atoms with van der Waals surface area (Å²) in [6, 6.07) is 4.51. The van der Waals surface area contributed by atoms with Crippen molar-refractivity contribution in [2.75, 3.05) is 11.4 Å². The van der Waals surface area contributed by atoms with Crippen LogP contribution in [0.2, 0.25) is 0 Å². The molecule has 0 bridgehead atoms. The first-order chi connectivity index (χ1) is 12.8. The summed E-state index contributed by atoms with van der Waals surface area (Å²) in [5.74, 6) is 1.86. The normalized spacial score (nSPS) is 24.8. The molecule has 26 heavy (non-hydrogen) atoms. The van der Waals surface area contributed by atoms with E-state index in [9.17, 15) is 4.79 Å². The van der Waals surface area contributed by atoms with Gasteiger partial charge in [-0.1, -0.05) is 12.8 Å². The Hall–Kier alpha value is -2.50. The molecular weight excluding hydrogens is 326 g/mol. The Morgan fingerprint density at radius 2 is 1.88 bits per heavy atom. The van der Waals surface area contributed by atoms with Crippen LogP contribution in [0.25, 0.3) is 11.4 Å². The summed E-state index contributed by atoms with van der Waals surface area (Å²) >= 11 is 0. The second kappa shape index (κ2) is 6.34. The van der Waals surface area contributed by atoms with Crippen LogP contribution in [0.5, 0.6) is 0 Å². The fraction of sp³-hybridized carbons (Fsp3) is 0.500. The lowest BCUT2D eigenvalue weighted by atomic mass is 9.87. The van der Waals surface area contributed by atoms with Crippen molar-refractivity contribution in [2.24, 2.45) is 0 Å². The summed E-state index contributed by atoms with van der Waals surface area (Å²) < 4.78 is 0. The van der Waals surface area contributed by atoms with Gasteiger partial charge in [0, 0.05) is 35.3 Å². The monoisotopic (exact) mass is 349 g/mol. The summed E-state index contributed by atoms with van der Waals surface area (Å²) in [6.07, 6.45) is 11.3. The molecule has 0 spiro atoms. The first-order valence-electron chi connectivity index (χ1n) is 9.66. The van der Waals surface area contributed by atoms with Crippen molar-refractivity contribution in [1.29, 1.82) is 0 Å². The molecule has 0 radical (unpaired) electrons. The molecule has 5 rings (SSSR count). The summed E-state index contributed by atoms with van der Waals surface area (Å²) in [4.78, 5) is 28.5. The van der Waals surface area contributed by atoms with Crippen molar-refractivity contribution in [1.82, 2.24) is 20.3 Å². The van der Waals surface area contributed by atoms with E-state index in [4.69, 9.17) is 9.97 Å². The van der Waals surface area contributed by atoms with E-state index in [-0.39, 0.29) is 11.9 Å². The zero-order valence-electron chi connectivity index (χ0n) is 14.8. The zero-order valence-corrected chi connectivity index (χ0v) is 14.8. The number of amides is 1. The average Bonchev–Trinajstić information content (AvgIpc) is 3.16. The first-order valence-corrected chi connectivity index (χ1v) is 9.66. The van der Waals surface area contributed by atoms with E-state index in [2.05, 4.69) is 15.2 Å². The van der Waals surface area contributed by atoms with Crippen LogP contribution >= 0.6 is 0 Å². The van der Waals surface area contributed by atoms with E-state index in [1.807, 2.05) is 12.1 Å². The fourth-order valence-electron chi connectivity index (χ4n) is 4.69. The molecule has 1 N–H and O–H groups in total. The lowest BCUT2D eigenvalue weighted by molar-refractivity contribution is -0.122. The summed E-state index contributed by atoms with van der Waals surface area (Å²) in [5.41, 5.74) is 3.39. The van der Waals surface area contributed by atoms with E-state index in [1.54, 1.807) is 12.4 Å². The van der Waals surface area contributed by atoms with Crippen LogP contribution in [0.1, 0.15) is 43.4 Å². The molecule has 1 aliphatic heterocycles. The van der Waals surface area contributed by atoms with Crippen LogP contribution < -0.4 is 10.2 Å². The number of carbonyl (C=O) groups is 1. The van der Waals surface area contributed by atoms with Crippen LogP contribution in [-0.2, 0) is 17.6 Å². The number of piperazine rings is 1. The van der Waals surface area contributed by atoms with Gasteiger partial charge in [-0.15, -0.1) is 0 Å². The molecule has 1 saturated carbocycles. The van der Waals surface area contributed by atoms with E-state index < -0.39 is 0 Å². The molecule has 2 aromatic rings. The van der Waals surface area contributed by atoms with Crippen molar-refractivity contribution in [3.63, 3.8) is 0 Å². The van der Waals surface area contributed by atoms with Crippen LogP contribution in [0.3, 0.4) is 0 Å². The summed E-state index contributed by atoms with van der Waals surface area (Å²) in [7, 11) is 0. The van der Waals surface area contributed by atoms with Crippen LogP contribution in [0.4, 0.5) is 5.82 Å². The van der Waals surface area contributed by atoms with E-state index in [0.29, 0.717) is 12.6 Å². The number of aromatic nitrogens is 3. The van der Waals surface area contributed by atoms with E-state index in [1.165, 1.54) is 18.4 Å². The maximum atomic E-state index is 12.4. The molecule has 134 valence electrons. The molecule has 1 amide bonds. The van der Waals surface area contributed by atoms with Gasteiger partial charge in [-0.3, -0.25) is 9.78 Å². The highest BCUT2D eigenvalue weighted by Gasteiger charge is 2.38. The standard InChI is InChI=1S/C20H23N5O/c26-18-12-25(17-7-2-1-5-16(17)22-18)20-14-4-3-6-15(14)23-19(24-20)13-8-10-21-11-9-13/h8-11,16-17H,1-7,12H2,(H,22,26)/t16-,17+/m1/s1. The molecule has 3 heterocycles. The third-order valence-electron chi connectivity index (χ3n) is 5.91. The van der Waals surface area contributed by atoms with Gasteiger partial charge >= 0.3 is 0 Å². The topological polar surface area (TPSA) is 71.0 Å². The van der Waals surface area contributed by atoms with Crippen molar-refractivity contribution in [3.05, 3.63) is 35.8 Å². The lowest BCUT2D eigenvalue weighted by Gasteiger charge is -2.45. The molecular formula is C20H23N5O. The van der Waals surface area contributed by atoms with Gasteiger partial charge < -0.3 is 10.2 Å². The van der Waals surface area contributed by atoms with Crippen molar-refractivity contribution in [3.8, 4) is 11.4 Å². The van der Waals surface area contributed by atoms with Gasteiger partial charge in [0.2, 0.25) is 5.91 Å². The number of carbonyl (C=O) groups excluding carboxylic acids is 1. The molecule has 6 heteroatoms. The van der Waals surface area contributed by atoms with Crippen molar-refractivity contribution < 1.29 is 4.79 Å². The minimum atomic E-state index is 0.115. The molecule has 2 fully saturated rings. The number of hydrogen-bond acceptors (Lipinski definition) is 5. The van der Waals surface area contributed by atoms with Crippen LogP contribution in [-0.4, -0.2) is 39.5 Å². The number of aryl methyl sites for hydroxylation is 1. The SMILES string of the molecule is O=C1CN(c2nc(-c3ccncc3)nc3c2CCC3)[C@H]2CCCC[C@H]2N1. The Kier molecular flexibility index (Phi) is 3.84. The van der Waals surface area contributed by atoms with Gasteiger partial charge in [0.1, 0.15) is 5.82 Å². The van der Waals surface area contributed by atoms with Crippen LogP contribution in [0, 0.1) is 0 Å². The van der Waals surface area contributed by atoms with Crippen LogP contribution in [0.15, 0.2) is 24.5 Å². The van der Waals surface area contributed by atoms with Gasteiger partial charge in [0.05, 0.1) is 12.6 Å². The highest BCUT2D eigenvalue weighted by molar-refractivity contribution is 5.84. The number of pyridine rings is 1. The second-order valence-electron chi connectivity index (χ2n) is 7.54. The van der Waals surface area contributed by atoms with E-state index in [0.717, 1.165) is 55.0 Å². The maximum absolute atomic E-state index is 12.4. The zero-order chi connectivity index (χ0) is 17.5. The number of hydrogen-bond donors (Lipinski definition) is 1. The number of nitrogens with one attached hydrogen (secondary N) is 1. The molecule has 3 aliphatic rings. The third kappa shape index (κ3) is 2.64. The molecule has 2 aromatic heterocycles. The number of rotatable bonds is 2. The largest absolute Gasteiger partial charge is 0.350 e. The van der Waals surface area contributed by atoms with Gasteiger partial charge in [-0.25, -0.2) is 9.97 Å². The van der Waals surface area contributed by atoms with Gasteiger partial charge in [0.25, 0.3) is 0 Å². The van der Waals surface area contributed by atoms with Gasteiger partial charge in [-0.05, 0) is 44.2 Å². The predicted octanol–water partition coefficient (Wildman–Crippen LogP) is 2.27. The van der Waals surface area contributed by atoms with E-state index >= 15 is 0 Å². The Balaban J connectivity index is 1.61. The number of nitrogens with zero attached hydrogens (tertiary/aromatic N) is 4. The predicted molar refractivity (Wildman–Crippen MR) is 98.8 cm³/mol. The summed E-state index contributed by atoms with van der Waals surface area (Å²) in [5, 5.41) is 3.20. The maximum Gasteiger partial charge on any atom is 0.239 e. The number of fused-ring (bicyclic) bond motifs is 2. The molecule has 0 aromatic carbocycles. The molecule has 0 unspecified atom stereocenters. The molecule has 1 saturated heterocycles. The Labute approximate surface area is 153 Å². The highest BCUT2D eigenvalue weighted by Crippen LogP contribution is 2.36. The molecule has 2 atom stereocenters. The average molecular weight is 349 g/mol. The minimum Gasteiger partial charge on any atom is -0.350 e. The van der Waals surface area contributed by atoms with Gasteiger partial charge in [0.15, 0.2) is 5.82 Å². The Bertz CT molecular complexity index is 838. The Morgan fingerprint density at radius 1 is 1.04 bits per heavy atom. The van der Waals surface area contributed by atoms with Crippen molar-refractivity contribution >= 4 is 11.7 Å². The highest BCUT2D eigenvalue weighted by atomic mass is 16.2. The smallest absolute Gasteiger partial charge is 0.239 e. The fourth-order valence-corrected chi connectivity index (χ4v) is 4.69. The third-order valence-corrected chi connectivity index (χ3v) is 5.91.